The Morgan fingerprint density at radius 1 is 1.37 bits per heavy atom. The zero-order chi connectivity index (χ0) is 13.5. The topological polar surface area (TPSA) is 54.5 Å². The molecule has 0 radical (unpaired) electrons. The second-order valence-corrected chi connectivity index (χ2v) is 5.53. The first kappa shape index (κ1) is 12.4. The Bertz CT molecular complexity index is 485. The molecule has 1 aromatic rings. The Hall–Kier alpha value is -1.62. The van der Waals surface area contributed by atoms with Crippen molar-refractivity contribution in [1.29, 1.82) is 0 Å². The van der Waals surface area contributed by atoms with E-state index in [9.17, 15) is 4.79 Å². The third-order valence-corrected chi connectivity index (χ3v) is 3.86. The summed E-state index contributed by atoms with van der Waals surface area (Å²) >= 11 is 0. The van der Waals surface area contributed by atoms with Gasteiger partial charge in [0.15, 0.2) is 0 Å². The lowest BCUT2D eigenvalue weighted by Gasteiger charge is -2.33. The van der Waals surface area contributed by atoms with Gasteiger partial charge in [-0.1, -0.05) is 0 Å². The van der Waals surface area contributed by atoms with Crippen molar-refractivity contribution in [2.24, 2.45) is 0 Å². The number of carbonyl (C=O) groups is 1. The molecule has 1 spiro atoms. The minimum absolute atomic E-state index is 0.0142. The van der Waals surface area contributed by atoms with E-state index in [1.165, 1.54) is 5.69 Å². The standard InChI is InChI=1S/C14H19N3O2/c1-10-5-12(6-11(2)16-10)17-4-3-14(9-17)8-15-13(18)7-19-14/h5-6H,3-4,7-9H2,1-2H3,(H,15,18). The van der Waals surface area contributed by atoms with Gasteiger partial charge in [0.25, 0.3) is 0 Å². The fourth-order valence-corrected chi connectivity index (χ4v) is 2.90. The zero-order valence-corrected chi connectivity index (χ0v) is 11.4. The van der Waals surface area contributed by atoms with Gasteiger partial charge in [-0.2, -0.15) is 0 Å². The molecule has 1 unspecified atom stereocenters. The SMILES string of the molecule is Cc1cc(N2CCC3(CNC(=O)CO3)C2)cc(C)n1. The molecule has 0 saturated carbocycles. The molecule has 5 heteroatoms. The molecule has 0 aliphatic carbocycles. The van der Waals surface area contributed by atoms with Gasteiger partial charge in [-0.15, -0.1) is 0 Å². The predicted molar refractivity (Wildman–Crippen MR) is 72.2 cm³/mol. The highest BCUT2D eigenvalue weighted by Gasteiger charge is 2.42. The summed E-state index contributed by atoms with van der Waals surface area (Å²) in [5.41, 5.74) is 3.06. The highest BCUT2D eigenvalue weighted by molar-refractivity contribution is 5.78. The number of carbonyl (C=O) groups excluding carboxylic acids is 1. The van der Waals surface area contributed by atoms with Crippen molar-refractivity contribution in [2.75, 3.05) is 31.1 Å². The average molecular weight is 261 g/mol. The number of hydrogen-bond donors (Lipinski definition) is 1. The minimum Gasteiger partial charge on any atom is -0.368 e. The molecule has 5 nitrogen and oxygen atoms in total. The summed E-state index contributed by atoms with van der Waals surface area (Å²) in [7, 11) is 0. The Morgan fingerprint density at radius 2 is 2.11 bits per heavy atom. The van der Waals surface area contributed by atoms with E-state index in [1.807, 2.05) is 13.8 Å². The van der Waals surface area contributed by atoms with Crippen molar-refractivity contribution < 1.29 is 9.53 Å². The monoisotopic (exact) mass is 261 g/mol. The van der Waals surface area contributed by atoms with Crippen LogP contribution in [0.5, 0.6) is 0 Å². The third-order valence-electron chi connectivity index (χ3n) is 3.86. The Kier molecular flexibility index (Phi) is 2.93. The summed E-state index contributed by atoms with van der Waals surface area (Å²) in [6, 6.07) is 4.21. The van der Waals surface area contributed by atoms with Crippen molar-refractivity contribution in [1.82, 2.24) is 10.3 Å². The van der Waals surface area contributed by atoms with Crippen molar-refractivity contribution in [2.45, 2.75) is 25.9 Å². The van der Waals surface area contributed by atoms with Crippen molar-refractivity contribution in [3.63, 3.8) is 0 Å². The maximum Gasteiger partial charge on any atom is 0.246 e. The summed E-state index contributed by atoms with van der Waals surface area (Å²) < 4.78 is 5.78. The molecule has 1 N–H and O–H groups in total. The molecule has 2 saturated heterocycles. The molecule has 3 heterocycles. The Morgan fingerprint density at radius 3 is 2.74 bits per heavy atom. The number of aromatic nitrogens is 1. The van der Waals surface area contributed by atoms with Gasteiger partial charge in [0, 0.05) is 36.7 Å². The maximum atomic E-state index is 11.2. The summed E-state index contributed by atoms with van der Waals surface area (Å²) in [6.07, 6.45) is 0.952. The molecule has 1 aromatic heterocycles. The second-order valence-electron chi connectivity index (χ2n) is 5.53. The summed E-state index contributed by atoms with van der Waals surface area (Å²) in [4.78, 5) is 17.9. The fraction of sp³-hybridized carbons (Fsp3) is 0.571. The van der Waals surface area contributed by atoms with Crippen LogP contribution in [0.4, 0.5) is 5.69 Å². The number of rotatable bonds is 1. The van der Waals surface area contributed by atoms with E-state index in [0.29, 0.717) is 6.54 Å². The van der Waals surface area contributed by atoms with E-state index in [4.69, 9.17) is 4.74 Å². The zero-order valence-electron chi connectivity index (χ0n) is 11.4. The third kappa shape index (κ3) is 2.42. The van der Waals surface area contributed by atoms with Gasteiger partial charge < -0.3 is 15.0 Å². The van der Waals surface area contributed by atoms with E-state index in [0.717, 1.165) is 30.9 Å². The first-order chi connectivity index (χ1) is 9.06. The summed E-state index contributed by atoms with van der Waals surface area (Å²) in [5, 5.41) is 2.91. The Labute approximate surface area is 113 Å². The molecule has 1 amide bonds. The first-order valence-corrected chi connectivity index (χ1v) is 6.67. The average Bonchev–Trinajstić information content (AvgIpc) is 2.77. The van der Waals surface area contributed by atoms with E-state index >= 15 is 0 Å². The molecule has 102 valence electrons. The van der Waals surface area contributed by atoms with E-state index in [1.54, 1.807) is 0 Å². The van der Waals surface area contributed by atoms with Crippen LogP contribution in [0.25, 0.3) is 0 Å². The molecule has 1 atom stereocenters. The Balaban J connectivity index is 1.76. The summed E-state index contributed by atoms with van der Waals surface area (Å²) in [6.45, 7) is 6.61. The number of nitrogens with one attached hydrogen (secondary N) is 1. The van der Waals surface area contributed by atoms with Crippen LogP contribution in [0, 0.1) is 13.8 Å². The molecule has 0 bridgehead atoms. The lowest BCUT2D eigenvalue weighted by atomic mass is 10.0. The van der Waals surface area contributed by atoms with Gasteiger partial charge in [-0.05, 0) is 32.4 Å². The first-order valence-electron chi connectivity index (χ1n) is 6.67. The highest BCUT2D eigenvalue weighted by Crippen LogP contribution is 2.31. The molecular weight excluding hydrogens is 242 g/mol. The quantitative estimate of drug-likeness (QED) is 0.812. The van der Waals surface area contributed by atoms with E-state index < -0.39 is 0 Å². The number of nitrogens with zero attached hydrogens (tertiary/aromatic N) is 2. The van der Waals surface area contributed by atoms with Crippen molar-refractivity contribution >= 4 is 11.6 Å². The van der Waals surface area contributed by atoms with Gasteiger partial charge >= 0.3 is 0 Å². The lowest BCUT2D eigenvalue weighted by Crippen LogP contribution is -2.53. The lowest BCUT2D eigenvalue weighted by molar-refractivity contribution is -0.141. The predicted octanol–water partition coefficient (Wildman–Crippen LogP) is 0.794. The number of anilines is 1. The largest absolute Gasteiger partial charge is 0.368 e. The number of aryl methyl sites for hydroxylation is 2. The molecule has 3 rings (SSSR count). The van der Waals surface area contributed by atoms with Crippen molar-refractivity contribution in [3.05, 3.63) is 23.5 Å². The van der Waals surface area contributed by atoms with Crippen LogP contribution < -0.4 is 10.2 Å². The van der Waals surface area contributed by atoms with Gasteiger partial charge in [0.1, 0.15) is 12.2 Å². The number of amides is 1. The van der Waals surface area contributed by atoms with Crippen LogP contribution in [0.1, 0.15) is 17.8 Å². The second kappa shape index (κ2) is 4.49. The normalized spacial score (nSPS) is 26.8. The number of pyridine rings is 1. The maximum absolute atomic E-state index is 11.2. The van der Waals surface area contributed by atoms with Crippen LogP contribution in [-0.2, 0) is 9.53 Å². The van der Waals surface area contributed by atoms with Gasteiger partial charge in [-0.25, -0.2) is 0 Å². The molecular formula is C14H19N3O2. The van der Waals surface area contributed by atoms with Crippen LogP contribution in [0.3, 0.4) is 0 Å². The minimum atomic E-state index is -0.209. The van der Waals surface area contributed by atoms with Crippen LogP contribution in [0.15, 0.2) is 12.1 Å². The van der Waals surface area contributed by atoms with Crippen LogP contribution >= 0.6 is 0 Å². The molecule has 2 aliphatic rings. The molecule has 19 heavy (non-hydrogen) atoms. The van der Waals surface area contributed by atoms with Crippen LogP contribution in [-0.4, -0.2) is 42.7 Å². The molecule has 2 aliphatic heterocycles. The van der Waals surface area contributed by atoms with Gasteiger partial charge in [0.2, 0.25) is 5.91 Å². The number of morpholine rings is 1. The van der Waals surface area contributed by atoms with Gasteiger partial charge in [-0.3, -0.25) is 9.78 Å². The molecule has 2 fully saturated rings. The number of hydrogen-bond acceptors (Lipinski definition) is 4. The smallest absolute Gasteiger partial charge is 0.246 e. The van der Waals surface area contributed by atoms with Crippen LogP contribution in [0.2, 0.25) is 0 Å². The number of ether oxygens (including phenoxy) is 1. The van der Waals surface area contributed by atoms with E-state index in [2.05, 4.69) is 27.3 Å². The molecule has 0 aromatic carbocycles. The van der Waals surface area contributed by atoms with E-state index in [-0.39, 0.29) is 18.1 Å². The highest BCUT2D eigenvalue weighted by atomic mass is 16.5. The van der Waals surface area contributed by atoms with Gasteiger partial charge in [0.05, 0.1) is 0 Å². The fourth-order valence-electron chi connectivity index (χ4n) is 2.90. The summed E-state index contributed by atoms with van der Waals surface area (Å²) in [5.74, 6) is -0.0142. The van der Waals surface area contributed by atoms with Crippen molar-refractivity contribution in [3.8, 4) is 0 Å².